The van der Waals surface area contributed by atoms with E-state index in [1.807, 2.05) is 6.08 Å². The molecule has 0 aromatic rings. The Morgan fingerprint density at radius 3 is 1.05 bits per heavy atom. The molecule has 0 aromatic carbocycles. The van der Waals surface area contributed by atoms with Gasteiger partial charge in [-0.05, 0) is 70.6 Å². The van der Waals surface area contributed by atoms with Crippen LogP contribution < -0.4 is 5.32 Å². The molecule has 0 aliphatic carbocycles. The SMILES string of the molecule is CC/C=C\C/C=C\C/C=C\C/C=C\C/C=C\C/C=C\CCCCCCCCCCCCCCCCCCCCCCCCC(=O)NC(COC1OC(CO)C(OC2OC(CO)C(O)C(O)C2O)C(O)C1O)C(O)/C=C/CCCCCCCCCCCCCCCCCCCCCCCCCC. The van der Waals surface area contributed by atoms with Crippen molar-refractivity contribution in [3.63, 3.8) is 0 Å². The maximum atomic E-state index is 13.4. The Labute approximate surface area is 618 Å². The lowest BCUT2D eigenvalue weighted by molar-refractivity contribution is -0.359. The van der Waals surface area contributed by atoms with Crippen molar-refractivity contribution in [2.75, 3.05) is 19.8 Å². The number of hydrogen-bond donors (Lipinski definition) is 9. The van der Waals surface area contributed by atoms with Crippen molar-refractivity contribution >= 4 is 5.91 Å². The summed E-state index contributed by atoms with van der Waals surface area (Å²) in [6, 6.07) is -0.918. The zero-order valence-electron chi connectivity index (χ0n) is 64.6. The van der Waals surface area contributed by atoms with Gasteiger partial charge in [0.2, 0.25) is 5.91 Å². The van der Waals surface area contributed by atoms with Crippen LogP contribution in [0.4, 0.5) is 0 Å². The molecule has 0 saturated carbocycles. The Kier molecular flexibility index (Phi) is 65.5. The van der Waals surface area contributed by atoms with Crippen LogP contribution in [0.1, 0.15) is 367 Å². The standard InChI is InChI=1S/C87H157NO13/c1-3-5-7-9-11-13-15-17-19-21-23-25-27-29-31-32-33-34-35-36-37-38-39-40-41-42-43-44-45-47-49-51-53-55-57-59-61-63-65-67-69-71-79(92)88-75(74-98-86-84(97)82(95)85(78(73-90)100-86)101-87-83(96)81(94)80(93)77(72-89)99-87)76(91)70-68-66-64-62-60-58-56-54-52-50-48-46-30-28-26-24-22-20-18-16-14-12-10-8-6-4-2/h5,7,11,13,17,19,23,25,29,31,33-34,68,70,75-78,80-87,89-91,93-97H,3-4,6,8-10,12,14-16,18,20-22,24,26-28,30,32,35-67,69,71-74H2,1-2H3,(H,88,92)/b7-5-,13-11-,19-17-,25-23-,31-29-,34-33-,70-68+. The summed E-state index contributed by atoms with van der Waals surface area (Å²) in [6.45, 7) is 2.74. The minimum atomic E-state index is -1.79. The number of unbranched alkanes of at least 4 members (excludes halogenated alkanes) is 46. The lowest BCUT2D eigenvalue weighted by Gasteiger charge is -2.46. The molecule has 2 aliphatic heterocycles. The Hall–Kier alpha value is -2.83. The van der Waals surface area contributed by atoms with Crippen molar-refractivity contribution in [3.8, 4) is 0 Å². The fraction of sp³-hybridized carbons (Fsp3) is 0.828. The highest BCUT2D eigenvalue weighted by molar-refractivity contribution is 5.76. The first-order valence-corrected chi connectivity index (χ1v) is 42.3. The summed E-state index contributed by atoms with van der Waals surface area (Å²) in [5.74, 6) is -0.233. The highest BCUT2D eigenvalue weighted by atomic mass is 16.7. The van der Waals surface area contributed by atoms with Crippen molar-refractivity contribution in [3.05, 3.63) is 85.1 Å². The van der Waals surface area contributed by atoms with Crippen LogP contribution in [-0.2, 0) is 23.7 Å². The maximum Gasteiger partial charge on any atom is 0.220 e. The molecule has 0 aromatic heterocycles. The van der Waals surface area contributed by atoms with Gasteiger partial charge in [-0.1, -0.05) is 375 Å². The molecule has 101 heavy (non-hydrogen) atoms. The largest absolute Gasteiger partial charge is 0.394 e. The first kappa shape index (κ1) is 94.3. The third kappa shape index (κ3) is 52.7. The molecule has 14 nitrogen and oxygen atoms in total. The predicted octanol–water partition coefficient (Wildman–Crippen LogP) is 19.9. The van der Waals surface area contributed by atoms with E-state index < -0.39 is 86.8 Å². The van der Waals surface area contributed by atoms with E-state index in [2.05, 4.69) is 92.1 Å². The van der Waals surface area contributed by atoms with Crippen LogP contribution in [0, 0.1) is 0 Å². The molecule has 0 bridgehead atoms. The van der Waals surface area contributed by atoms with E-state index in [0.717, 1.165) is 77.0 Å². The summed E-state index contributed by atoms with van der Waals surface area (Å²) in [7, 11) is 0. The van der Waals surface area contributed by atoms with Gasteiger partial charge < -0.3 is 65.1 Å². The zero-order chi connectivity index (χ0) is 73.0. The van der Waals surface area contributed by atoms with Crippen LogP contribution in [0.25, 0.3) is 0 Å². The molecular formula is C87H157NO13. The smallest absolute Gasteiger partial charge is 0.220 e. The number of amides is 1. The van der Waals surface area contributed by atoms with E-state index in [9.17, 15) is 45.6 Å². The van der Waals surface area contributed by atoms with Gasteiger partial charge in [-0.3, -0.25) is 4.79 Å². The zero-order valence-corrected chi connectivity index (χ0v) is 64.6. The third-order valence-electron chi connectivity index (χ3n) is 20.3. The minimum Gasteiger partial charge on any atom is -0.394 e. The number of nitrogens with one attached hydrogen (secondary N) is 1. The summed E-state index contributed by atoms with van der Waals surface area (Å²) in [5.41, 5.74) is 0. The van der Waals surface area contributed by atoms with Gasteiger partial charge in [0, 0.05) is 6.42 Å². The van der Waals surface area contributed by atoms with Crippen molar-refractivity contribution in [2.45, 2.75) is 441 Å². The van der Waals surface area contributed by atoms with Crippen molar-refractivity contribution in [2.24, 2.45) is 0 Å². The molecule has 2 saturated heterocycles. The van der Waals surface area contributed by atoms with Crippen molar-refractivity contribution in [1.29, 1.82) is 0 Å². The maximum absolute atomic E-state index is 13.4. The number of carbonyl (C=O) groups is 1. The molecule has 12 atom stereocenters. The lowest BCUT2D eigenvalue weighted by Crippen LogP contribution is -2.65. The van der Waals surface area contributed by atoms with Crippen LogP contribution in [0.5, 0.6) is 0 Å². The highest BCUT2D eigenvalue weighted by Gasteiger charge is 2.51. The van der Waals surface area contributed by atoms with Gasteiger partial charge in [0.25, 0.3) is 0 Å². The second-order valence-corrected chi connectivity index (χ2v) is 29.6. The average molecular weight is 1430 g/mol. The highest BCUT2D eigenvalue weighted by Crippen LogP contribution is 2.30. The second kappa shape index (κ2) is 70.2. The Balaban J connectivity index is 1.57. The molecule has 9 N–H and O–H groups in total. The topological polar surface area (TPSA) is 228 Å². The van der Waals surface area contributed by atoms with Crippen molar-refractivity contribution in [1.82, 2.24) is 5.32 Å². The van der Waals surface area contributed by atoms with E-state index in [1.54, 1.807) is 6.08 Å². The van der Waals surface area contributed by atoms with Gasteiger partial charge in [0.15, 0.2) is 12.6 Å². The molecular weight excluding hydrogens is 1270 g/mol. The fourth-order valence-electron chi connectivity index (χ4n) is 13.7. The molecule has 1 amide bonds. The van der Waals surface area contributed by atoms with Gasteiger partial charge >= 0.3 is 0 Å². The second-order valence-electron chi connectivity index (χ2n) is 29.6. The first-order valence-electron chi connectivity index (χ1n) is 42.3. The van der Waals surface area contributed by atoms with Crippen LogP contribution in [0.15, 0.2) is 85.1 Å². The molecule has 2 rings (SSSR count). The number of aliphatic hydroxyl groups excluding tert-OH is 8. The summed E-state index contributed by atoms with van der Waals surface area (Å²) in [5, 5.41) is 87.8. The number of allylic oxidation sites excluding steroid dienone is 13. The number of hydrogen-bond acceptors (Lipinski definition) is 13. The van der Waals surface area contributed by atoms with Crippen molar-refractivity contribution < 1.29 is 64.6 Å². The molecule has 588 valence electrons. The van der Waals surface area contributed by atoms with Crippen LogP contribution >= 0.6 is 0 Å². The number of carbonyl (C=O) groups excluding carboxylic acids is 1. The predicted molar refractivity (Wildman–Crippen MR) is 420 cm³/mol. The van der Waals surface area contributed by atoms with E-state index in [-0.39, 0.29) is 18.9 Å². The molecule has 0 radical (unpaired) electrons. The van der Waals surface area contributed by atoms with Gasteiger partial charge in [0.05, 0.1) is 32.0 Å². The van der Waals surface area contributed by atoms with Crippen LogP contribution in [0.3, 0.4) is 0 Å². The van der Waals surface area contributed by atoms with Gasteiger partial charge in [-0.2, -0.15) is 0 Å². The van der Waals surface area contributed by atoms with Crippen LogP contribution in [-0.4, -0.2) is 140 Å². The fourth-order valence-corrected chi connectivity index (χ4v) is 13.7. The molecule has 0 spiro atoms. The normalized spacial score (nSPS) is 22.2. The number of aliphatic hydroxyl groups is 8. The minimum absolute atomic E-state index is 0.233. The van der Waals surface area contributed by atoms with E-state index in [4.69, 9.17) is 18.9 Å². The van der Waals surface area contributed by atoms with E-state index >= 15 is 0 Å². The Morgan fingerprint density at radius 2 is 0.683 bits per heavy atom. The monoisotopic (exact) mass is 1420 g/mol. The number of ether oxygens (including phenoxy) is 4. The molecule has 2 fully saturated rings. The summed E-state index contributed by atoms with van der Waals surface area (Å²) >= 11 is 0. The molecule has 12 unspecified atom stereocenters. The van der Waals surface area contributed by atoms with E-state index in [0.29, 0.717) is 6.42 Å². The third-order valence-corrected chi connectivity index (χ3v) is 20.3. The van der Waals surface area contributed by atoms with Crippen LogP contribution in [0.2, 0.25) is 0 Å². The Bertz CT molecular complexity index is 2020. The van der Waals surface area contributed by atoms with Gasteiger partial charge in [-0.25, -0.2) is 0 Å². The summed E-state index contributed by atoms with van der Waals surface area (Å²) < 4.78 is 22.9. The first-order chi connectivity index (χ1) is 49.6. The van der Waals surface area contributed by atoms with Gasteiger partial charge in [0.1, 0.15) is 48.8 Å². The van der Waals surface area contributed by atoms with Gasteiger partial charge in [-0.15, -0.1) is 0 Å². The Morgan fingerprint density at radius 1 is 0.366 bits per heavy atom. The molecule has 2 heterocycles. The molecule has 14 heteroatoms. The number of rotatable bonds is 71. The summed E-state index contributed by atoms with van der Waals surface area (Å²) in [4.78, 5) is 13.4. The summed E-state index contributed by atoms with van der Waals surface area (Å²) in [6.07, 6.45) is 82.5. The molecule has 2 aliphatic rings. The van der Waals surface area contributed by atoms with E-state index in [1.165, 1.54) is 263 Å². The quantitative estimate of drug-likeness (QED) is 0.0204. The lowest BCUT2D eigenvalue weighted by atomic mass is 9.97. The average Bonchev–Trinajstić information content (AvgIpc) is 0.792.